The van der Waals surface area contributed by atoms with Crippen molar-refractivity contribution in [1.29, 1.82) is 0 Å². The number of hydrogen-bond acceptors (Lipinski definition) is 16. The molecule has 18 nitrogen and oxygen atoms in total. The Morgan fingerprint density at radius 3 is 1.59 bits per heavy atom. The zero-order valence-corrected chi connectivity index (χ0v) is 37.0. The second kappa shape index (κ2) is 22.5. The van der Waals surface area contributed by atoms with Crippen LogP contribution in [0.4, 0.5) is 0 Å². The standard InChI is InChI=1S/C44H51N3O15S/c1-44(30(21-37(53)61-7)27(42(63)47-44)15-18-34(50)58-4)22-31-28(19-35(51)59-5)25(13-16-32(48)56-2)38(45-31)41(54)39-29(20-36(52)60-6)26(14-17-33(49)57-3)40(46-39)43(55)62-23-24-11-9-8-10-12-24/h8-12,45-46H,13-23H2,1-7H3,(H,47,63). The summed E-state index contributed by atoms with van der Waals surface area (Å²) in [7, 11) is 7.19. The number of H-pyrrole nitrogens is 2. The van der Waals surface area contributed by atoms with Gasteiger partial charge in [0.25, 0.3) is 0 Å². The molecular formula is C44H51N3O15S. The minimum Gasteiger partial charge on any atom is -0.469 e. The molecule has 19 heteroatoms. The van der Waals surface area contributed by atoms with Crippen molar-refractivity contribution in [2.45, 2.75) is 83.3 Å². The summed E-state index contributed by atoms with van der Waals surface area (Å²) < 4.78 is 35.3. The summed E-state index contributed by atoms with van der Waals surface area (Å²) in [5.74, 6) is -5.53. The first-order valence-electron chi connectivity index (χ1n) is 19.7. The number of hydrogen-bond donors (Lipinski definition) is 3. The van der Waals surface area contributed by atoms with Gasteiger partial charge in [-0.25, -0.2) is 4.79 Å². The first-order chi connectivity index (χ1) is 30.0. The molecule has 0 spiro atoms. The minimum atomic E-state index is -1.18. The number of thiocarbonyl (C=S) groups is 1. The number of aromatic nitrogens is 2. The van der Waals surface area contributed by atoms with Gasteiger partial charge in [0, 0.05) is 31.4 Å². The monoisotopic (exact) mass is 893 g/mol. The number of carbonyl (C=O) groups is 8. The summed E-state index contributed by atoms with van der Waals surface area (Å²) in [5.41, 5.74) is 0.850. The molecule has 0 bridgehead atoms. The van der Waals surface area contributed by atoms with Gasteiger partial charge < -0.3 is 48.4 Å². The highest BCUT2D eigenvalue weighted by atomic mass is 32.1. The van der Waals surface area contributed by atoms with Crippen molar-refractivity contribution >= 4 is 64.8 Å². The van der Waals surface area contributed by atoms with Crippen LogP contribution < -0.4 is 5.32 Å². The first-order valence-corrected chi connectivity index (χ1v) is 20.1. The fourth-order valence-corrected chi connectivity index (χ4v) is 7.84. The highest BCUT2D eigenvalue weighted by Gasteiger charge is 2.42. The van der Waals surface area contributed by atoms with E-state index in [1.807, 2.05) is 0 Å². The minimum absolute atomic E-state index is 0.0281. The van der Waals surface area contributed by atoms with Crippen molar-refractivity contribution in [3.05, 3.63) is 92.1 Å². The van der Waals surface area contributed by atoms with Crippen LogP contribution >= 0.6 is 12.2 Å². The van der Waals surface area contributed by atoms with Gasteiger partial charge in [-0.15, -0.1) is 0 Å². The van der Waals surface area contributed by atoms with E-state index < -0.39 is 59.5 Å². The largest absolute Gasteiger partial charge is 0.469 e. The zero-order chi connectivity index (χ0) is 46.4. The average Bonchev–Trinajstić information content (AvgIpc) is 3.89. The van der Waals surface area contributed by atoms with Gasteiger partial charge in [0.2, 0.25) is 5.78 Å². The van der Waals surface area contributed by atoms with Crippen molar-refractivity contribution in [2.24, 2.45) is 0 Å². The van der Waals surface area contributed by atoms with Crippen LogP contribution in [0, 0.1) is 0 Å². The molecule has 1 unspecified atom stereocenters. The van der Waals surface area contributed by atoms with Crippen LogP contribution in [0.15, 0.2) is 41.5 Å². The Morgan fingerprint density at radius 1 is 0.571 bits per heavy atom. The maximum Gasteiger partial charge on any atom is 0.355 e. The summed E-state index contributed by atoms with van der Waals surface area (Å²) in [6, 6.07) is 8.81. The summed E-state index contributed by atoms with van der Waals surface area (Å²) in [5, 5.41) is 3.26. The van der Waals surface area contributed by atoms with Gasteiger partial charge in [-0.2, -0.15) is 0 Å². The van der Waals surface area contributed by atoms with E-state index in [0.29, 0.717) is 22.4 Å². The van der Waals surface area contributed by atoms with Gasteiger partial charge in [-0.1, -0.05) is 42.5 Å². The van der Waals surface area contributed by atoms with Gasteiger partial charge in [-0.05, 0) is 65.1 Å². The molecule has 1 aliphatic heterocycles. The molecule has 0 saturated carbocycles. The van der Waals surface area contributed by atoms with Crippen LogP contribution in [0.1, 0.15) is 99.2 Å². The summed E-state index contributed by atoms with van der Waals surface area (Å²) >= 11 is 5.72. The number of ketones is 1. The molecule has 1 aliphatic rings. The number of ether oxygens (including phenoxy) is 7. The average molecular weight is 894 g/mol. The third-order valence-corrected chi connectivity index (χ3v) is 11.0. The van der Waals surface area contributed by atoms with Crippen LogP contribution in [0.2, 0.25) is 0 Å². The van der Waals surface area contributed by atoms with E-state index in [1.54, 1.807) is 37.3 Å². The summed E-state index contributed by atoms with van der Waals surface area (Å²) in [6.45, 7) is 1.60. The third-order valence-electron chi connectivity index (χ3n) is 10.7. The van der Waals surface area contributed by atoms with Crippen LogP contribution in [0.25, 0.3) is 0 Å². The van der Waals surface area contributed by atoms with Crippen molar-refractivity contribution in [1.82, 2.24) is 15.3 Å². The van der Waals surface area contributed by atoms with Gasteiger partial charge in [0.1, 0.15) is 17.3 Å². The van der Waals surface area contributed by atoms with E-state index in [2.05, 4.69) is 15.3 Å². The Balaban J connectivity index is 1.98. The second-order valence-corrected chi connectivity index (χ2v) is 15.0. The van der Waals surface area contributed by atoms with E-state index in [4.69, 9.17) is 45.4 Å². The molecule has 0 radical (unpaired) electrons. The van der Waals surface area contributed by atoms with Crippen molar-refractivity contribution in [2.75, 3.05) is 42.7 Å². The number of aromatic amines is 2. The molecule has 1 atom stereocenters. The molecule has 0 aliphatic carbocycles. The fraction of sp³-hybridized carbons (Fsp3) is 0.432. The molecular weight excluding hydrogens is 843 g/mol. The van der Waals surface area contributed by atoms with Gasteiger partial charge in [-0.3, -0.25) is 33.6 Å². The Hall–Kier alpha value is -6.63. The second-order valence-electron chi connectivity index (χ2n) is 14.6. The Bertz CT molecular complexity index is 2290. The molecule has 63 heavy (non-hydrogen) atoms. The number of methoxy groups -OCH3 is 6. The predicted molar refractivity (Wildman–Crippen MR) is 225 cm³/mol. The van der Waals surface area contributed by atoms with E-state index in [1.165, 1.54) is 35.5 Å². The van der Waals surface area contributed by atoms with E-state index in [9.17, 15) is 33.6 Å². The van der Waals surface area contributed by atoms with Crippen LogP contribution in [-0.4, -0.2) is 111 Å². The number of esters is 7. The molecule has 1 aromatic carbocycles. The third kappa shape index (κ3) is 12.3. The normalized spacial score (nSPS) is 14.4. The quantitative estimate of drug-likeness (QED) is 0.0564. The summed E-state index contributed by atoms with van der Waals surface area (Å²) in [4.78, 5) is 111. The number of rotatable bonds is 22. The molecule has 0 saturated heterocycles. The zero-order valence-electron chi connectivity index (χ0n) is 36.2. The van der Waals surface area contributed by atoms with Crippen molar-refractivity contribution in [3.8, 4) is 0 Å². The van der Waals surface area contributed by atoms with Crippen LogP contribution in [0.3, 0.4) is 0 Å². The maximum atomic E-state index is 15.2. The number of benzene rings is 1. The predicted octanol–water partition coefficient (Wildman–Crippen LogP) is 3.62. The molecule has 0 amide bonds. The van der Waals surface area contributed by atoms with E-state index in [0.717, 1.165) is 7.11 Å². The van der Waals surface area contributed by atoms with Crippen molar-refractivity contribution in [3.63, 3.8) is 0 Å². The molecule has 0 fully saturated rings. The van der Waals surface area contributed by atoms with Crippen LogP contribution in [0.5, 0.6) is 0 Å². The van der Waals surface area contributed by atoms with Gasteiger partial charge in [0.15, 0.2) is 0 Å². The smallest absolute Gasteiger partial charge is 0.355 e. The Morgan fingerprint density at radius 2 is 1.05 bits per heavy atom. The highest BCUT2D eigenvalue weighted by molar-refractivity contribution is 7.80. The molecule has 3 heterocycles. The Kier molecular flexibility index (Phi) is 17.5. The highest BCUT2D eigenvalue weighted by Crippen LogP contribution is 2.38. The molecule has 4 rings (SSSR count). The van der Waals surface area contributed by atoms with E-state index in [-0.39, 0.29) is 109 Å². The lowest BCUT2D eigenvalue weighted by Gasteiger charge is -2.29. The van der Waals surface area contributed by atoms with Crippen molar-refractivity contribution < 1.29 is 71.5 Å². The molecule has 338 valence electrons. The topological polar surface area (TPSA) is 245 Å². The maximum absolute atomic E-state index is 15.2. The summed E-state index contributed by atoms with van der Waals surface area (Å²) in [6.07, 6.45) is -1.90. The lowest BCUT2D eigenvalue weighted by atomic mass is 9.83. The number of nitrogens with one attached hydrogen (secondary N) is 3. The first kappa shape index (κ1) is 49.0. The lowest BCUT2D eigenvalue weighted by molar-refractivity contribution is -0.141. The van der Waals surface area contributed by atoms with Gasteiger partial charge >= 0.3 is 41.8 Å². The van der Waals surface area contributed by atoms with Crippen LogP contribution in [-0.2, 0) is 101 Å². The number of carbonyl (C=O) groups excluding carboxylic acids is 8. The molecule has 2 aromatic heterocycles. The lowest BCUT2D eigenvalue weighted by Crippen LogP contribution is -2.44. The molecule has 3 N–H and O–H groups in total. The van der Waals surface area contributed by atoms with E-state index >= 15 is 4.79 Å². The fourth-order valence-electron chi connectivity index (χ4n) is 7.38. The van der Waals surface area contributed by atoms with Gasteiger partial charge in [0.05, 0.1) is 78.8 Å². The SMILES string of the molecule is COC(=O)CCC1=C(CC(=O)OC)C(C)(Cc2[nH]c(C(=O)c3[nH]c(C(=O)OCc4ccccc4)c(CCC(=O)OC)c3CC(=O)OC)c(CCC(=O)OC)c2CC(=O)OC)NC1=S. The molecule has 3 aromatic rings. The Labute approximate surface area is 368 Å².